The number of alkyl halides is 3. The van der Waals surface area contributed by atoms with Gasteiger partial charge in [0.1, 0.15) is 10.8 Å². The predicted molar refractivity (Wildman–Crippen MR) is 98.1 cm³/mol. The van der Waals surface area contributed by atoms with E-state index < -0.39 is 23.6 Å². The lowest BCUT2D eigenvalue weighted by molar-refractivity contribution is -0.142. The largest absolute Gasteiger partial charge is 0.433 e. The van der Waals surface area contributed by atoms with E-state index in [1.54, 1.807) is 0 Å². The van der Waals surface area contributed by atoms with Gasteiger partial charge in [-0.2, -0.15) is 18.3 Å². The minimum atomic E-state index is -4.77. The van der Waals surface area contributed by atoms with Crippen LogP contribution in [0.3, 0.4) is 0 Å². The van der Waals surface area contributed by atoms with Gasteiger partial charge in [0.05, 0.1) is 5.69 Å². The van der Waals surface area contributed by atoms with Crippen LogP contribution >= 0.6 is 11.6 Å². The third kappa shape index (κ3) is 3.66. The van der Waals surface area contributed by atoms with E-state index >= 15 is 0 Å². The van der Waals surface area contributed by atoms with Crippen molar-refractivity contribution in [1.29, 1.82) is 0 Å². The van der Waals surface area contributed by atoms with Crippen LogP contribution in [0.15, 0.2) is 30.3 Å². The average Bonchev–Trinajstić information content (AvgIpc) is 3.04. The molecule has 1 saturated heterocycles. The number of aromatic nitrogens is 3. The first-order chi connectivity index (χ1) is 13.8. The van der Waals surface area contributed by atoms with Gasteiger partial charge >= 0.3 is 6.18 Å². The molecule has 5 nitrogen and oxygen atoms in total. The summed E-state index contributed by atoms with van der Waals surface area (Å²) in [7, 11) is 0. The van der Waals surface area contributed by atoms with Gasteiger partial charge in [0.2, 0.25) is 0 Å². The van der Waals surface area contributed by atoms with Crippen molar-refractivity contribution in [1.82, 2.24) is 19.5 Å². The molecule has 4 rings (SSSR count). The molecular weight excluding hydrogens is 412 g/mol. The molecule has 1 aliphatic heterocycles. The Morgan fingerprint density at radius 1 is 1.07 bits per heavy atom. The van der Waals surface area contributed by atoms with Gasteiger partial charge in [-0.05, 0) is 49.6 Å². The van der Waals surface area contributed by atoms with Crippen molar-refractivity contribution in [3.63, 3.8) is 0 Å². The average molecular weight is 427 g/mol. The first-order valence-corrected chi connectivity index (χ1v) is 9.35. The molecule has 29 heavy (non-hydrogen) atoms. The van der Waals surface area contributed by atoms with Crippen LogP contribution in [0.25, 0.3) is 16.9 Å². The van der Waals surface area contributed by atoms with Crippen LogP contribution in [-0.2, 0) is 6.18 Å². The molecule has 10 heteroatoms. The fraction of sp³-hybridized carbons (Fsp3) is 0.316. The van der Waals surface area contributed by atoms with Crippen molar-refractivity contribution in [3.05, 3.63) is 52.6 Å². The van der Waals surface area contributed by atoms with Gasteiger partial charge in [0.25, 0.3) is 5.91 Å². The quantitative estimate of drug-likeness (QED) is 0.551. The van der Waals surface area contributed by atoms with Crippen LogP contribution in [0, 0.1) is 5.82 Å². The summed E-state index contributed by atoms with van der Waals surface area (Å²) in [5.41, 5.74) is -1.44. The number of piperidine rings is 1. The van der Waals surface area contributed by atoms with E-state index in [4.69, 9.17) is 11.6 Å². The van der Waals surface area contributed by atoms with E-state index in [0.29, 0.717) is 17.6 Å². The normalized spacial score (nSPS) is 15.1. The first kappa shape index (κ1) is 19.6. The molecule has 0 unspecified atom stereocenters. The molecule has 0 aliphatic carbocycles. The second-order valence-corrected chi connectivity index (χ2v) is 7.16. The Bertz CT molecular complexity index is 1070. The maximum Gasteiger partial charge on any atom is 0.433 e. The summed E-state index contributed by atoms with van der Waals surface area (Å²) >= 11 is 6.26. The molecule has 1 fully saturated rings. The van der Waals surface area contributed by atoms with E-state index in [1.807, 2.05) is 0 Å². The van der Waals surface area contributed by atoms with Crippen LogP contribution in [0.1, 0.15) is 35.4 Å². The van der Waals surface area contributed by atoms with Crippen molar-refractivity contribution in [2.45, 2.75) is 25.4 Å². The Hall–Kier alpha value is -2.68. The van der Waals surface area contributed by atoms with E-state index in [-0.39, 0.29) is 27.6 Å². The maximum absolute atomic E-state index is 13.7. The number of hydrogen-bond acceptors (Lipinski definition) is 3. The highest BCUT2D eigenvalue weighted by molar-refractivity contribution is 6.36. The fourth-order valence-corrected chi connectivity index (χ4v) is 3.59. The topological polar surface area (TPSA) is 50.5 Å². The number of carbonyl (C=O) groups is 1. The van der Waals surface area contributed by atoms with Crippen molar-refractivity contribution in [2.75, 3.05) is 13.1 Å². The molecule has 1 aliphatic rings. The van der Waals surface area contributed by atoms with Gasteiger partial charge < -0.3 is 4.90 Å². The minimum Gasteiger partial charge on any atom is -0.337 e. The number of fused-ring (bicyclic) bond motifs is 1. The molecule has 2 aromatic heterocycles. The number of rotatable bonds is 2. The summed E-state index contributed by atoms with van der Waals surface area (Å²) in [5, 5.41) is 3.61. The smallest absolute Gasteiger partial charge is 0.337 e. The molecule has 152 valence electrons. The second kappa shape index (κ2) is 7.29. The zero-order valence-electron chi connectivity index (χ0n) is 15.0. The standard InChI is InChI=1S/C19H15ClF4N4O/c20-15-16(18(29)27-8-2-1-3-9-27)26-28-14(19(22,23)24)10-13(25-17(15)28)11-4-6-12(21)7-5-11/h4-7,10H,1-3,8-9H2. The minimum absolute atomic E-state index is 0.0522. The van der Waals surface area contributed by atoms with Crippen molar-refractivity contribution >= 4 is 23.2 Å². The summed E-state index contributed by atoms with van der Waals surface area (Å²) < 4.78 is 54.8. The van der Waals surface area contributed by atoms with Crippen molar-refractivity contribution < 1.29 is 22.4 Å². The van der Waals surface area contributed by atoms with Gasteiger partial charge in [0, 0.05) is 18.7 Å². The molecule has 0 N–H and O–H groups in total. The van der Waals surface area contributed by atoms with E-state index in [9.17, 15) is 22.4 Å². The van der Waals surface area contributed by atoms with Crippen LogP contribution in [0.2, 0.25) is 5.02 Å². The van der Waals surface area contributed by atoms with Gasteiger partial charge in [-0.25, -0.2) is 13.9 Å². The van der Waals surface area contributed by atoms with Crippen LogP contribution in [-0.4, -0.2) is 38.5 Å². The van der Waals surface area contributed by atoms with Crippen molar-refractivity contribution in [3.8, 4) is 11.3 Å². The third-order valence-corrected chi connectivity index (χ3v) is 5.16. The van der Waals surface area contributed by atoms with Crippen LogP contribution < -0.4 is 0 Å². The lowest BCUT2D eigenvalue weighted by Gasteiger charge is -2.25. The van der Waals surface area contributed by atoms with Crippen LogP contribution in [0.5, 0.6) is 0 Å². The number of amides is 1. The predicted octanol–water partition coefficient (Wildman–Crippen LogP) is 4.83. The molecule has 3 aromatic rings. The maximum atomic E-state index is 13.7. The lowest BCUT2D eigenvalue weighted by atomic mass is 10.1. The molecule has 0 bridgehead atoms. The van der Waals surface area contributed by atoms with E-state index in [2.05, 4.69) is 10.1 Å². The highest BCUT2D eigenvalue weighted by Gasteiger charge is 2.37. The summed E-state index contributed by atoms with van der Waals surface area (Å²) in [6.07, 6.45) is -2.14. The van der Waals surface area contributed by atoms with E-state index in [1.165, 1.54) is 17.0 Å². The van der Waals surface area contributed by atoms with Gasteiger partial charge in [0.15, 0.2) is 17.0 Å². The number of hydrogen-bond donors (Lipinski definition) is 0. The molecule has 0 saturated carbocycles. The summed E-state index contributed by atoms with van der Waals surface area (Å²) in [4.78, 5) is 18.5. The Balaban J connectivity index is 1.88. The number of carbonyl (C=O) groups excluding carboxylic acids is 1. The zero-order chi connectivity index (χ0) is 20.8. The molecule has 0 atom stereocenters. The number of likely N-dealkylation sites (tertiary alicyclic amines) is 1. The molecule has 1 amide bonds. The SMILES string of the molecule is O=C(c1nn2c(C(F)(F)F)cc(-c3ccc(F)cc3)nc2c1Cl)N1CCCCC1. The molecule has 0 radical (unpaired) electrons. The van der Waals surface area contributed by atoms with E-state index in [0.717, 1.165) is 37.5 Å². The Morgan fingerprint density at radius 3 is 2.34 bits per heavy atom. The summed E-state index contributed by atoms with van der Waals surface area (Å²) in [6, 6.07) is 5.69. The van der Waals surface area contributed by atoms with Crippen molar-refractivity contribution in [2.24, 2.45) is 0 Å². The highest BCUT2D eigenvalue weighted by Crippen LogP contribution is 2.35. The Labute approximate surface area is 167 Å². The first-order valence-electron chi connectivity index (χ1n) is 8.97. The summed E-state index contributed by atoms with van der Waals surface area (Å²) in [5.74, 6) is -1.04. The summed E-state index contributed by atoms with van der Waals surface area (Å²) in [6.45, 7) is 1.01. The molecule has 1 aromatic carbocycles. The molecular formula is C19H15ClF4N4O. The monoisotopic (exact) mass is 426 g/mol. The number of halogens is 5. The third-order valence-electron chi connectivity index (χ3n) is 4.81. The Kier molecular flexibility index (Phi) is 4.94. The van der Waals surface area contributed by atoms with Gasteiger partial charge in [-0.1, -0.05) is 11.6 Å². The lowest BCUT2D eigenvalue weighted by Crippen LogP contribution is -2.36. The van der Waals surface area contributed by atoms with Gasteiger partial charge in [-0.3, -0.25) is 4.79 Å². The zero-order valence-corrected chi connectivity index (χ0v) is 15.8. The number of benzene rings is 1. The highest BCUT2D eigenvalue weighted by atomic mass is 35.5. The van der Waals surface area contributed by atoms with Gasteiger partial charge in [-0.15, -0.1) is 0 Å². The van der Waals surface area contributed by atoms with Crippen LogP contribution in [0.4, 0.5) is 17.6 Å². The molecule has 0 spiro atoms. The number of nitrogens with zero attached hydrogens (tertiary/aromatic N) is 4. The molecule has 3 heterocycles. The second-order valence-electron chi connectivity index (χ2n) is 6.78. The fourth-order valence-electron chi connectivity index (χ4n) is 3.35. The Morgan fingerprint density at radius 2 is 1.72 bits per heavy atom.